The van der Waals surface area contributed by atoms with E-state index in [1.165, 1.54) is 7.11 Å². The third-order valence-corrected chi connectivity index (χ3v) is 5.56. The Kier molecular flexibility index (Phi) is 4.93. The van der Waals surface area contributed by atoms with Crippen molar-refractivity contribution in [1.29, 1.82) is 0 Å². The predicted molar refractivity (Wildman–Crippen MR) is 102 cm³/mol. The number of nitrogens with one attached hydrogen (secondary N) is 1. The Balaban J connectivity index is 1.85. The average molecular weight is 388 g/mol. The molecule has 0 unspecified atom stereocenters. The Hall–Kier alpha value is -2.87. The number of hydrogen-bond donors (Lipinski definition) is 1. The lowest BCUT2D eigenvalue weighted by molar-refractivity contribution is 0.0600. The van der Waals surface area contributed by atoms with Crippen LogP contribution in [-0.2, 0) is 20.5 Å². The fourth-order valence-corrected chi connectivity index (χ4v) is 4.14. The fraction of sp³-hybridized carbons (Fsp3) is 0.263. The zero-order chi connectivity index (χ0) is 19.8. The minimum absolute atomic E-state index is 0.213. The zero-order valence-electron chi connectivity index (χ0n) is 15.5. The number of carbonyl (C=O) groups excluding carboxylic acids is 1. The van der Waals surface area contributed by atoms with Gasteiger partial charge in [0.25, 0.3) is 0 Å². The minimum Gasteiger partial charge on any atom is -0.465 e. The van der Waals surface area contributed by atoms with Crippen molar-refractivity contribution >= 4 is 32.6 Å². The highest BCUT2D eigenvalue weighted by molar-refractivity contribution is 7.91. The molecule has 0 spiro atoms. The number of carbonyl (C=O) groups is 1. The van der Waals surface area contributed by atoms with E-state index >= 15 is 0 Å². The van der Waals surface area contributed by atoms with Gasteiger partial charge in [0.2, 0.25) is 10.0 Å². The van der Waals surface area contributed by atoms with Crippen molar-refractivity contribution in [2.45, 2.75) is 26.5 Å². The number of benzene rings is 2. The van der Waals surface area contributed by atoms with Crippen molar-refractivity contribution in [3.63, 3.8) is 0 Å². The van der Waals surface area contributed by atoms with Gasteiger partial charge in [0.05, 0.1) is 29.8 Å². The van der Waals surface area contributed by atoms with Crippen molar-refractivity contribution in [1.82, 2.24) is 5.16 Å². The number of fused-ring (bicyclic) bond motifs is 1. The number of ether oxygens (including phenoxy) is 1. The first-order chi connectivity index (χ1) is 12.7. The maximum absolute atomic E-state index is 12.6. The number of aryl methyl sites for hydroxylation is 3. The average Bonchev–Trinajstić information content (AvgIpc) is 2.94. The van der Waals surface area contributed by atoms with Crippen LogP contribution in [0.5, 0.6) is 0 Å². The van der Waals surface area contributed by atoms with Crippen LogP contribution in [0.15, 0.2) is 34.9 Å². The summed E-state index contributed by atoms with van der Waals surface area (Å²) in [6.45, 7) is 5.33. The van der Waals surface area contributed by atoms with E-state index in [2.05, 4.69) is 9.88 Å². The third kappa shape index (κ3) is 3.95. The van der Waals surface area contributed by atoms with Crippen LogP contribution in [-0.4, -0.2) is 26.7 Å². The molecule has 0 aliphatic rings. The SMILES string of the molecule is COC(=O)c1ccc(CS(=O)(=O)Nc2cc3c(C)noc3cc2C)cc1C. The van der Waals surface area contributed by atoms with Crippen LogP contribution in [0.1, 0.15) is 32.7 Å². The van der Waals surface area contributed by atoms with Crippen molar-refractivity contribution in [3.05, 3.63) is 58.3 Å². The number of sulfonamides is 1. The molecule has 0 saturated carbocycles. The van der Waals surface area contributed by atoms with Gasteiger partial charge in [0.1, 0.15) is 0 Å². The maximum Gasteiger partial charge on any atom is 0.338 e. The zero-order valence-corrected chi connectivity index (χ0v) is 16.3. The number of rotatable bonds is 5. The van der Waals surface area contributed by atoms with Crippen LogP contribution in [0.3, 0.4) is 0 Å². The molecule has 8 heteroatoms. The molecule has 1 aromatic heterocycles. The van der Waals surface area contributed by atoms with Gasteiger partial charge < -0.3 is 9.26 Å². The van der Waals surface area contributed by atoms with Crippen molar-refractivity contribution in [2.24, 2.45) is 0 Å². The number of aromatic nitrogens is 1. The molecule has 2 aromatic carbocycles. The van der Waals surface area contributed by atoms with Gasteiger partial charge in [-0.2, -0.15) is 0 Å². The van der Waals surface area contributed by atoms with Gasteiger partial charge in [0, 0.05) is 5.39 Å². The minimum atomic E-state index is -3.65. The Morgan fingerprint density at radius 2 is 1.89 bits per heavy atom. The number of anilines is 1. The molecule has 0 aliphatic heterocycles. The molecule has 27 heavy (non-hydrogen) atoms. The molecule has 3 rings (SSSR count). The van der Waals surface area contributed by atoms with Gasteiger partial charge in [-0.25, -0.2) is 13.2 Å². The lowest BCUT2D eigenvalue weighted by Gasteiger charge is -2.12. The molecule has 3 aromatic rings. The molecule has 0 bridgehead atoms. The highest BCUT2D eigenvalue weighted by atomic mass is 32.2. The smallest absolute Gasteiger partial charge is 0.338 e. The van der Waals surface area contributed by atoms with E-state index in [0.29, 0.717) is 33.7 Å². The monoisotopic (exact) mass is 388 g/mol. The summed E-state index contributed by atoms with van der Waals surface area (Å²) in [6, 6.07) is 8.33. The van der Waals surface area contributed by atoms with Crippen molar-refractivity contribution in [3.8, 4) is 0 Å². The molecule has 1 N–H and O–H groups in total. The van der Waals surface area contributed by atoms with Crippen LogP contribution >= 0.6 is 0 Å². The van der Waals surface area contributed by atoms with E-state index in [4.69, 9.17) is 9.26 Å². The van der Waals surface area contributed by atoms with E-state index in [0.717, 1.165) is 10.9 Å². The Bertz CT molecular complexity index is 1130. The van der Waals surface area contributed by atoms with Crippen LogP contribution < -0.4 is 4.72 Å². The second-order valence-corrected chi connectivity index (χ2v) is 8.16. The summed E-state index contributed by atoms with van der Waals surface area (Å²) in [4.78, 5) is 11.7. The second kappa shape index (κ2) is 7.03. The summed E-state index contributed by atoms with van der Waals surface area (Å²) in [7, 11) is -2.34. The lowest BCUT2D eigenvalue weighted by Crippen LogP contribution is -2.16. The van der Waals surface area contributed by atoms with Gasteiger partial charge in [-0.3, -0.25) is 4.72 Å². The van der Waals surface area contributed by atoms with Gasteiger partial charge in [-0.15, -0.1) is 0 Å². The molecule has 1 heterocycles. The predicted octanol–water partition coefficient (Wildman–Crippen LogP) is 3.48. The van der Waals surface area contributed by atoms with Crippen LogP contribution in [0.4, 0.5) is 5.69 Å². The van der Waals surface area contributed by atoms with Gasteiger partial charge in [-0.05, 0) is 55.7 Å². The summed E-state index contributed by atoms with van der Waals surface area (Å²) >= 11 is 0. The summed E-state index contributed by atoms with van der Waals surface area (Å²) in [6.07, 6.45) is 0. The summed E-state index contributed by atoms with van der Waals surface area (Å²) in [5.41, 5.74) is 4.17. The van der Waals surface area contributed by atoms with Crippen molar-refractivity contribution < 1.29 is 22.5 Å². The van der Waals surface area contributed by atoms with E-state index in [9.17, 15) is 13.2 Å². The highest BCUT2D eigenvalue weighted by Gasteiger charge is 2.17. The highest BCUT2D eigenvalue weighted by Crippen LogP contribution is 2.27. The number of esters is 1. The Labute approximate surface area is 157 Å². The Morgan fingerprint density at radius 3 is 2.56 bits per heavy atom. The topological polar surface area (TPSA) is 98.5 Å². The molecule has 0 amide bonds. The van der Waals surface area contributed by atoms with Crippen LogP contribution in [0.25, 0.3) is 11.0 Å². The maximum atomic E-state index is 12.6. The third-order valence-electron chi connectivity index (χ3n) is 4.32. The number of nitrogens with zero attached hydrogens (tertiary/aromatic N) is 1. The van der Waals surface area contributed by atoms with Gasteiger partial charge in [0.15, 0.2) is 5.58 Å². The summed E-state index contributed by atoms with van der Waals surface area (Å²) in [5, 5.41) is 4.65. The number of hydrogen-bond acceptors (Lipinski definition) is 6. The number of methoxy groups -OCH3 is 1. The molecule has 0 fully saturated rings. The van der Waals surface area contributed by atoms with Gasteiger partial charge >= 0.3 is 5.97 Å². The van der Waals surface area contributed by atoms with Gasteiger partial charge in [-0.1, -0.05) is 17.3 Å². The molecule has 0 radical (unpaired) electrons. The van der Waals surface area contributed by atoms with Crippen LogP contribution in [0.2, 0.25) is 0 Å². The van der Waals surface area contributed by atoms with Crippen molar-refractivity contribution in [2.75, 3.05) is 11.8 Å². The second-order valence-electron chi connectivity index (χ2n) is 6.43. The normalized spacial score (nSPS) is 11.6. The van der Waals surface area contributed by atoms with E-state index in [-0.39, 0.29) is 5.75 Å². The fourth-order valence-electron chi connectivity index (χ4n) is 2.89. The molecule has 0 saturated heterocycles. The van der Waals surface area contributed by atoms with E-state index in [1.807, 2.05) is 0 Å². The molecule has 7 nitrogen and oxygen atoms in total. The largest absolute Gasteiger partial charge is 0.465 e. The summed E-state index contributed by atoms with van der Waals surface area (Å²) < 4.78 is 37.8. The summed E-state index contributed by atoms with van der Waals surface area (Å²) in [5.74, 6) is -0.664. The standard InChI is InChI=1S/C19H20N2O5S/c1-11-7-14(5-6-15(11)19(22)25-4)10-27(23,24)21-17-9-16-13(3)20-26-18(16)8-12(17)2/h5-9,21H,10H2,1-4H3. The van der Waals surface area contributed by atoms with E-state index in [1.54, 1.807) is 51.1 Å². The molecule has 142 valence electrons. The Morgan fingerprint density at radius 1 is 1.15 bits per heavy atom. The van der Waals surface area contributed by atoms with E-state index < -0.39 is 16.0 Å². The van der Waals surface area contributed by atoms with Crippen LogP contribution in [0, 0.1) is 20.8 Å². The molecular weight excluding hydrogens is 368 g/mol. The quantitative estimate of drug-likeness (QED) is 0.672. The first-order valence-corrected chi connectivity index (χ1v) is 9.90. The molecule has 0 atom stereocenters. The first kappa shape index (κ1) is 18.9. The first-order valence-electron chi connectivity index (χ1n) is 8.25. The molecule has 0 aliphatic carbocycles. The molecular formula is C19H20N2O5S. The lowest BCUT2D eigenvalue weighted by atomic mass is 10.1.